The average molecular weight is 322 g/mol. The van der Waals surface area contributed by atoms with Crippen LogP contribution in [0.1, 0.15) is 6.92 Å². The molecule has 120 valence electrons. The molecule has 0 saturated carbocycles. The molecule has 0 aromatic rings. The third-order valence-electron chi connectivity index (χ3n) is 0.863. The predicted molar refractivity (Wildman–Crippen MR) is 81.3 cm³/mol. The van der Waals surface area contributed by atoms with Crippen LogP contribution in [0, 0.1) is 0 Å². The number of hydrogen-bond donors (Lipinski definition) is 3. The highest BCUT2D eigenvalue weighted by Gasteiger charge is 1.84. The Hall–Kier alpha value is -2.38. The van der Waals surface area contributed by atoms with Gasteiger partial charge in [0.15, 0.2) is 0 Å². The van der Waals surface area contributed by atoms with E-state index < -0.39 is 5.97 Å². The number of aliphatic hydroxyl groups excluding tert-OH is 1. The average Bonchev–Trinajstić information content (AvgIpc) is 2.41. The van der Waals surface area contributed by atoms with Gasteiger partial charge in [0, 0.05) is 13.0 Å². The summed E-state index contributed by atoms with van der Waals surface area (Å²) in [5, 5.41) is 17.7. The number of carbonyl (C=O) groups is 3. The maximum Gasteiger partial charge on any atom is 0.327 e. The van der Waals surface area contributed by atoms with Gasteiger partial charge < -0.3 is 20.3 Å². The second-order valence-corrected chi connectivity index (χ2v) is 2.68. The van der Waals surface area contributed by atoms with E-state index in [0.29, 0.717) is 0 Å². The first-order chi connectivity index (χ1) is 9.76. The van der Waals surface area contributed by atoms with E-state index in [0.717, 1.165) is 18.4 Å². The Balaban J connectivity index is -0.0000000955. The minimum Gasteiger partial charge on any atom is -0.478 e. The first-order valence-corrected chi connectivity index (χ1v) is 5.56. The van der Waals surface area contributed by atoms with Crippen molar-refractivity contribution < 1.29 is 29.3 Å². The van der Waals surface area contributed by atoms with Gasteiger partial charge in [-0.3, -0.25) is 9.59 Å². The first-order valence-electron chi connectivity index (χ1n) is 5.12. The summed E-state index contributed by atoms with van der Waals surface area (Å²) >= 11 is 4.76. The van der Waals surface area contributed by atoms with Crippen LogP contribution in [0.5, 0.6) is 0 Å². The van der Waals surface area contributed by atoms with Gasteiger partial charge in [0.2, 0.25) is 5.91 Å². The lowest BCUT2D eigenvalue weighted by atomic mass is 10.6. The van der Waals surface area contributed by atoms with Crippen molar-refractivity contribution >= 4 is 29.4 Å². The molecule has 0 aromatic carbocycles. The molecule has 0 aliphatic carbocycles. The van der Waals surface area contributed by atoms with Gasteiger partial charge in [0.1, 0.15) is 6.73 Å². The van der Waals surface area contributed by atoms with Gasteiger partial charge in [-0.1, -0.05) is 37.9 Å². The van der Waals surface area contributed by atoms with E-state index in [1.54, 1.807) is 0 Å². The fourth-order valence-corrected chi connectivity index (χ4v) is 0.267. The molecular formula is C13H20ClNO6. The first kappa shape index (κ1) is 27.0. The highest BCUT2D eigenvalue weighted by molar-refractivity contribution is 6.25. The van der Waals surface area contributed by atoms with Crippen molar-refractivity contribution in [3.63, 3.8) is 0 Å². The summed E-state index contributed by atoms with van der Waals surface area (Å²) in [6, 6.07) is 0. The lowest BCUT2D eigenvalue weighted by Gasteiger charge is -1.89. The van der Waals surface area contributed by atoms with Crippen molar-refractivity contribution in [1.29, 1.82) is 0 Å². The number of aliphatic hydroxyl groups is 1. The van der Waals surface area contributed by atoms with Gasteiger partial charge in [0.25, 0.3) is 0 Å². The SMILES string of the molecule is C=CC(=O)NCO.C=CC(=O)O.C=CCl.C=COC(C)=O. The number of carboxylic acid groups (broad SMARTS) is 1. The monoisotopic (exact) mass is 321 g/mol. The van der Waals surface area contributed by atoms with E-state index in [4.69, 9.17) is 21.8 Å². The van der Waals surface area contributed by atoms with Gasteiger partial charge in [-0.15, -0.1) is 0 Å². The molecule has 0 heterocycles. The number of amides is 1. The molecule has 21 heavy (non-hydrogen) atoms. The fourth-order valence-electron chi connectivity index (χ4n) is 0.267. The zero-order valence-corrected chi connectivity index (χ0v) is 12.5. The van der Waals surface area contributed by atoms with Crippen LogP contribution in [0.2, 0.25) is 0 Å². The minimum atomic E-state index is -0.981. The van der Waals surface area contributed by atoms with Gasteiger partial charge in [0.05, 0.1) is 6.26 Å². The zero-order chi connectivity index (χ0) is 17.7. The normalized spacial score (nSPS) is 6.62. The quantitative estimate of drug-likeness (QED) is 0.313. The van der Waals surface area contributed by atoms with Crippen molar-refractivity contribution in [3.8, 4) is 0 Å². The standard InChI is InChI=1S/C4H7NO2.C4H6O2.C3H4O2.C2H3Cl/c1-2-4(7)5-3-6;1-3-6-4(2)5;1-2-3(4)5;1-2-3/h2,6H,1,3H2,(H,5,7);3H,1H2,2H3;2H,1H2,(H,4,5);2H,1H2. The Labute approximate surface area is 128 Å². The van der Waals surface area contributed by atoms with Crippen LogP contribution in [0.3, 0.4) is 0 Å². The van der Waals surface area contributed by atoms with Gasteiger partial charge in [-0.05, 0) is 11.6 Å². The number of hydrogen-bond acceptors (Lipinski definition) is 5. The molecule has 0 aliphatic heterocycles. The Morgan fingerprint density at radius 2 is 1.57 bits per heavy atom. The number of esters is 1. The predicted octanol–water partition coefficient (Wildman–Crippen LogP) is 1.56. The van der Waals surface area contributed by atoms with Gasteiger partial charge in [-0.2, -0.15) is 0 Å². The third-order valence-corrected chi connectivity index (χ3v) is 0.863. The molecule has 0 spiro atoms. The second-order valence-electron chi connectivity index (χ2n) is 2.38. The summed E-state index contributed by atoms with van der Waals surface area (Å²) in [6.45, 7) is 13.4. The van der Waals surface area contributed by atoms with Gasteiger partial charge in [-0.25, -0.2) is 4.79 Å². The van der Waals surface area contributed by atoms with Crippen LogP contribution in [-0.4, -0.2) is 34.8 Å². The third kappa shape index (κ3) is 74.0. The van der Waals surface area contributed by atoms with Gasteiger partial charge >= 0.3 is 11.9 Å². The Kier molecular flexibility index (Phi) is 33.8. The topological polar surface area (TPSA) is 113 Å². The summed E-state index contributed by atoms with van der Waals surface area (Å²) in [5.41, 5.74) is 1.22. The molecule has 0 saturated heterocycles. The van der Waals surface area contributed by atoms with Crippen molar-refractivity contribution in [3.05, 3.63) is 50.3 Å². The highest BCUT2D eigenvalue weighted by atomic mass is 35.5. The Bertz CT molecular complexity index is 342. The molecule has 3 N–H and O–H groups in total. The van der Waals surface area contributed by atoms with E-state index in [1.807, 2.05) is 0 Å². The second kappa shape index (κ2) is 26.2. The van der Waals surface area contributed by atoms with E-state index in [1.165, 1.54) is 12.5 Å². The van der Waals surface area contributed by atoms with E-state index in [-0.39, 0.29) is 18.6 Å². The summed E-state index contributed by atoms with van der Waals surface area (Å²) in [6.07, 6.45) is 3.03. The number of ether oxygens (including phenoxy) is 1. The molecule has 0 atom stereocenters. The van der Waals surface area contributed by atoms with Crippen LogP contribution in [-0.2, 0) is 19.1 Å². The molecule has 0 fully saturated rings. The number of carboxylic acids is 1. The van der Waals surface area contributed by atoms with Crippen LogP contribution in [0.15, 0.2) is 50.3 Å². The maximum absolute atomic E-state index is 10.0. The number of aliphatic carboxylic acids is 1. The number of rotatable bonds is 4. The number of nitrogens with one attached hydrogen (secondary N) is 1. The smallest absolute Gasteiger partial charge is 0.327 e. The van der Waals surface area contributed by atoms with E-state index in [9.17, 15) is 14.4 Å². The van der Waals surface area contributed by atoms with Crippen molar-refractivity contribution in [2.75, 3.05) is 6.73 Å². The highest BCUT2D eigenvalue weighted by Crippen LogP contribution is 1.70. The molecule has 0 bridgehead atoms. The maximum atomic E-state index is 10.0. The summed E-state index contributed by atoms with van der Waals surface area (Å²) < 4.78 is 4.17. The van der Waals surface area contributed by atoms with E-state index >= 15 is 0 Å². The zero-order valence-electron chi connectivity index (χ0n) is 11.8. The van der Waals surface area contributed by atoms with E-state index in [2.05, 4.69) is 36.4 Å². The molecule has 8 heteroatoms. The Morgan fingerprint density at radius 3 is 1.62 bits per heavy atom. The summed E-state index contributed by atoms with van der Waals surface area (Å²) in [4.78, 5) is 29.0. The summed E-state index contributed by atoms with van der Waals surface area (Å²) in [5.74, 6) is -1.67. The van der Waals surface area contributed by atoms with Crippen LogP contribution in [0.4, 0.5) is 0 Å². The lowest BCUT2D eigenvalue weighted by Crippen LogP contribution is -2.20. The van der Waals surface area contributed by atoms with Crippen molar-refractivity contribution in [2.45, 2.75) is 6.92 Å². The molecule has 1 amide bonds. The summed E-state index contributed by atoms with van der Waals surface area (Å²) in [7, 11) is 0. The molecule has 0 unspecified atom stereocenters. The van der Waals surface area contributed by atoms with Crippen LogP contribution >= 0.6 is 11.6 Å². The Morgan fingerprint density at radius 1 is 1.19 bits per heavy atom. The molecule has 0 rings (SSSR count). The lowest BCUT2D eigenvalue weighted by molar-refractivity contribution is -0.135. The number of halogens is 1. The van der Waals surface area contributed by atoms with Crippen LogP contribution < -0.4 is 5.32 Å². The molecule has 7 nitrogen and oxygen atoms in total. The van der Waals surface area contributed by atoms with Crippen molar-refractivity contribution in [2.24, 2.45) is 0 Å². The number of carbonyl (C=O) groups excluding carboxylic acids is 2. The van der Waals surface area contributed by atoms with Crippen molar-refractivity contribution in [1.82, 2.24) is 5.32 Å². The molecular weight excluding hydrogens is 302 g/mol. The molecule has 0 aromatic heterocycles. The largest absolute Gasteiger partial charge is 0.478 e. The minimum absolute atomic E-state index is 0.329. The fraction of sp³-hybridized carbons (Fsp3) is 0.154. The van der Waals surface area contributed by atoms with Crippen LogP contribution in [0.25, 0.3) is 0 Å². The molecule has 0 radical (unpaired) electrons. The molecule has 0 aliphatic rings.